The third-order valence-corrected chi connectivity index (χ3v) is 3.63. The fourth-order valence-corrected chi connectivity index (χ4v) is 2.48. The Balaban J connectivity index is 0.000000379. The summed E-state index contributed by atoms with van der Waals surface area (Å²) in [5, 5.41) is 15.6. The molecule has 0 spiro atoms. The van der Waals surface area contributed by atoms with Crippen molar-refractivity contribution in [2.45, 2.75) is 26.2 Å². The van der Waals surface area contributed by atoms with Crippen molar-refractivity contribution in [2.24, 2.45) is 0 Å². The van der Waals surface area contributed by atoms with Crippen LogP contribution >= 0.6 is 11.6 Å². The predicted octanol–water partition coefficient (Wildman–Crippen LogP) is 2.67. The van der Waals surface area contributed by atoms with Crippen molar-refractivity contribution in [3.05, 3.63) is 28.8 Å². The van der Waals surface area contributed by atoms with E-state index in [-0.39, 0.29) is 0 Å². The fourth-order valence-electron chi connectivity index (χ4n) is 2.25. The molecule has 0 aliphatic carbocycles. The Bertz CT molecular complexity index is 517. The van der Waals surface area contributed by atoms with Crippen LogP contribution in [0.2, 0.25) is 5.02 Å². The minimum absolute atomic E-state index is 0.770. The van der Waals surface area contributed by atoms with Gasteiger partial charge in [0.1, 0.15) is 5.75 Å². The number of benzene rings is 1. The lowest BCUT2D eigenvalue weighted by Gasteiger charge is -2.15. The average molecular weight is 344 g/mol. The molecule has 0 unspecified atom stereocenters. The van der Waals surface area contributed by atoms with E-state index in [0.717, 1.165) is 35.9 Å². The molecule has 1 aliphatic heterocycles. The maximum absolute atomic E-state index is 9.10. The van der Waals surface area contributed by atoms with Crippen LogP contribution in [-0.4, -0.2) is 53.3 Å². The van der Waals surface area contributed by atoms with Gasteiger partial charge in [0.15, 0.2) is 0 Å². The van der Waals surface area contributed by atoms with E-state index >= 15 is 0 Å². The van der Waals surface area contributed by atoms with E-state index in [1.165, 1.54) is 25.9 Å². The van der Waals surface area contributed by atoms with E-state index < -0.39 is 11.9 Å². The molecule has 0 bridgehead atoms. The highest BCUT2D eigenvalue weighted by atomic mass is 35.5. The number of carbonyl (C=O) groups is 2. The third kappa shape index (κ3) is 7.85. The first-order valence-corrected chi connectivity index (χ1v) is 7.85. The van der Waals surface area contributed by atoms with Gasteiger partial charge in [-0.1, -0.05) is 11.6 Å². The van der Waals surface area contributed by atoms with Gasteiger partial charge >= 0.3 is 11.9 Å². The number of halogens is 1. The number of rotatable bonds is 5. The molecule has 0 aromatic heterocycles. The van der Waals surface area contributed by atoms with Gasteiger partial charge in [0, 0.05) is 11.6 Å². The lowest BCUT2D eigenvalue weighted by molar-refractivity contribution is -0.159. The van der Waals surface area contributed by atoms with Crippen LogP contribution < -0.4 is 4.74 Å². The van der Waals surface area contributed by atoms with Gasteiger partial charge in [0.05, 0.1) is 6.61 Å². The van der Waals surface area contributed by atoms with Crippen LogP contribution in [0, 0.1) is 6.92 Å². The summed E-state index contributed by atoms with van der Waals surface area (Å²) in [6.07, 6.45) is 3.82. The van der Waals surface area contributed by atoms with Crippen molar-refractivity contribution in [3.63, 3.8) is 0 Å². The minimum Gasteiger partial charge on any atom is -0.493 e. The Morgan fingerprint density at radius 3 is 2.35 bits per heavy atom. The number of carboxylic acids is 2. The van der Waals surface area contributed by atoms with Gasteiger partial charge in [-0.15, -0.1) is 0 Å². The zero-order valence-corrected chi connectivity index (χ0v) is 13.9. The highest BCUT2D eigenvalue weighted by Crippen LogP contribution is 2.21. The number of nitrogens with zero attached hydrogens (tertiary/aromatic N) is 1. The monoisotopic (exact) mass is 343 g/mol. The zero-order valence-electron chi connectivity index (χ0n) is 13.1. The molecule has 0 amide bonds. The summed E-state index contributed by atoms with van der Waals surface area (Å²) in [4.78, 5) is 20.7. The molecule has 1 aromatic rings. The van der Waals surface area contributed by atoms with Gasteiger partial charge in [0.25, 0.3) is 0 Å². The summed E-state index contributed by atoms with van der Waals surface area (Å²) >= 11 is 5.90. The summed E-state index contributed by atoms with van der Waals surface area (Å²) < 4.78 is 5.77. The van der Waals surface area contributed by atoms with Gasteiger partial charge in [-0.3, -0.25) is 0 Å². The lowest BCUT2D eigenvalue weighted by atomic mass is 10.2. The average Bonchev–Trinajstić information content (AvgIpc) is 2.99. The molecule has 2 rings (SSSR count). The Kier molecular flexibility index (Phi) is 8.43. The van der Waals surface area contributed by atoms with Crippen LogP contribution in [0.5, 0.6) is 5.75 Å². The predicted molar refractivity (Wildman–Crippen MR) is 87.2 cm³/mol. The van der Waals surface area contributed by atoms with E-state index in [2.05, 4.69) is 4.90 Å². The van der Waals surface area contributed by atoms with Gasteiger partial charge in [0.2, 0.25) is 0 Å². The summed E-state index contributed by atoms with van der Waals surface area (Å²) in [6, 6.07) is 5.77. The standard InChI is InChI=1S/C14H20ClNO.C2H2O4/c1-12-11-13(15)5-6-14(12)17-10-4-9-16-7-2-3-8-16;3-1(4)2(5)6/h5-6,11H,2-4,7-10H2,1H3;(H,3,4)(H,5,6). The Morgan fingerprint density at radius 2 is 1.83 bits per heavy atom. The molecule has 7 heteroatoms. The van der Waals surface area contributed by atoms with Crippen molar-refractivity contribution in [1.82, 2.24) is 4.90 Å². The topological polar surface area (TPSA) is 87.1 Å². The van der Waals surface area contributed by atoms with Crippen molar-refractivity contribution in [3.8, 4) is 5.75 Å². The molecule has 23 heavy (non-hydrogen) atoms. The van der Waals surface area contributed by atoms with Crippen LogP contribution in [0.25, 0.3) is 0 Å². The SMILES string of the molecule is Cc1cc(Cl)ccc1OCCCN1CCCC1.O=C(O)C(=O)O. The number of ether oxygens (including phenoxy) is 1. The molecule has 0 radical (unpaired) electrons. The first-order chi connectivity index (χ1) is 10.9. The quantitative estimate of drug-likeness (QED) is 0.631. The van der Waals surface area contributed by atoms with Crippen molar-refractivity contribution in [2.75, 3.05) is 26.2 Å². The number of hydrogen-bond acceptors (Lipinski definition) is 4. The maximum Gasteiger partial charge on any atom is 0.414 e. The second-order valence-corrected chi connectivity index (χ2v) is 5.71. The first kappa shape index (κ1) is 19.3. The Hall–Kier alpha value is -1.79. The first-order valence-electron chi connectivity index (χ1n) is 7.47. The van der Waals surface area contributed by atoms with E-state index in [0.29, 0.717) is 0 Å². The number of carboxylic acid groups (broad SMARTS) is 2. The van der Waals surface area contributed by atoms with E-state index in [9.17, 15) is 0 Å². The minimum atomic E-state index is -1.82. The summed E-state index contributed by atoms with van der Waals surface area (Å²) in [5.41, 5.74) is 1.11. The van der Waals surface area contributed by atoms with Crippen LogP contribution in [0.3, 0.4) is 0 Å². The molecule has 2 N–H and O–H groups in total. The molecule has 6 nitrogen and oxygen atoms in total. The van der Waals surface area contributed by atoms with E-state index in [1.54, 1.807) is 0 Å². The number of aryl methyl sites for hydroxylation is 1. The Morgan fingerprint density at radius 1 is 1.22 bits per heavy atom. The van der Waals surface area contributed by atoms with Gasteiger partial charge in [-0.05, 0) is 63.0 Å². The second kappa shape index (κ2) is 10.1. The van der Waals surface area contributed by atoms with Crippen LogP contribution in [0.4, 0.5) is 0 Å². The fraction of sp³-hybridized carbons (Fsp3) is 0.500. The van der Waals surface area contributed by atoms with Crippen molar-refractivity contribution in [1.29, 1.82) is 0 Å². The van der Waals surface area contributed by atoms with Gasteiger partial charge < -0.3 is 19.8 Å². The van der Waals surface area contributed by atoms with Crippen LogP contribution in [0.15, 0.2) is 18.2 Å². The molecule has 1 aromatic carbocycles. The van der Waals surface area contributed by atoms with Gasteiger partial charge in [-0.25, -0.2) is 9.59 Å². The van der Waals surface area contributed by atoms with Crippen molar-refractivity contribution < 1.29 is 24.5 Å². The highest BCUT2D eigenvalue weighted by Gasteiger charge is 2.10. The second-order valence-electron chi connectivity index (χ2n) is 5.27. The molecule has 1 heterocycles. The maximum atomic E-state index is 9.10. The molecular formula is C16H22ClNO5. The van der Waals surface area contributed by atoms with Gasteiger partial charge in [-0.2, -0.15) is 0 Å². The summed E-state index contributed by atoms with van der Waals surface area (Å²) in [5.74, 6) is -2.69. The molecular weight excluding hydrogens is 322 g/mol. The molecule has 1 fully saturated rings. The largest absolute Gasteiger partial charge is 0.493 e. The number of likely N-dealkylation sites (tertiary alicyclic amines) is 1. The van der Waals surface area contributed by atoms with Crippen LogP contribution in [0.1, 0.15) is 24.8 Å². The summed E-state index contributed by atoms with van der Waals surface area (Å²) in [6.45, 7) is 6.51. The Labute approximate surface area is 140 Å². The van der Waals surface area contributed by atoms with Crippen molar-refractivity contribution >= 4 is 23.5 Å². The highest BCUT2D eigenvalue weighted by molar-refractivity contribution is 6.30. The molecule has 0 atom stereocenters. The molecule has 1 aliphatic rings. The summed E-state index contributed by atoms with van der Waals surface area (Å²) in [7, 11) is 0. The lowest BCUT2D eigenvalue weighted by Crippen LogP contribution is -2.21. The third-order valence-electron chi connectivity index (χ3n) is 3.39. The molecule has 0 saturated carbocycles. The number of hydrogen-bond donors (Lipinski definition) is 2. The van der Waals surface area contributed by atoms with E-state index in [4.69, 9.17) is 36.1 Å². The molecule has 1 saturated heterocycles. The molecule has 128 valence electrons. The van der Waals surface area contributed by atoms with Crippen LogP contribution in [-0.2, 0) is 9.59 Å². The van der Waals surface area contributed by atoms with E-state index in [1.807, 2.05) is 25.1 Å². The normalized spacial score (nSPS) is 14.0. The smallest absolute Gasteiger partial charge is 0.414 e. The number of aliphatic carboxylic acids is 2. The zero-order chi connectivity index (χ0) is 17.2.